The first-order valence-corrected chi connectivity index (χ1v) is 10.3. The molecule has 3 aromatic carbocycles. The summed E-state index contributed by atoms with van der Waals surface area (Å²) in [5.74, 6) is 1.24. The van der Waals surface area contributed by atoms with E-state index in [1.165, 1.54) is 11.6 Å². The summed E-state index contributed by atoms with van der Waals surface area (Å²) in [6, 6.07) is 25.1. The standard InChI is InChI=1S/C25H25NO2.C2H6.H2/c1-25(2,3)20-15-12-19(13-16-20)14-17-24(27)26-21-8-7-11-23(18-21)28-22-9-5-4-6-10-22;1-2;/h4-18H,1-3H3,(H,26,27);1-2H3;1H/b17-14+;;. The maximum atomic E-state index is 12.2. The highest BCUT2D eigenvalue weighted by atomic mass is 16.5. The van der Waals surface area contributed by atoms with Gasteiger partial charge in [-0.15, -0.1) is 0 Å². The Kier molecular flexibility index (Phi) is 8.42. The van der Waals surface area contributed by atoms with Gasteiger partial charge in [0.05, 0.1) is 0 Å². The Morgan fingerprint density at radius 3 is 2.13 bits per heavy atom. The summed E-state index contributed by atoms with van der Waals surface area (Å²) in [7, 11) is 0. The van der Waals surface area contributed by atoms with Crippen LogP contribution in [0.5, 0.6) is 11.5 Å². The fraction of sp³-hybridized carbons (Fsp3) is 0.222. The van der Waals surface area contributed by atoms with Gasteiger partial charge < -0.3 is 10.1 Å². The van der Waals surface area contributed by atoms with Crippen LogP contribution in [0.15, 0.2) is 84.9 Å². The molecule has 3 nitrogen and oxygen atoms in total. The molecule has 158 valence electrons. The van der Waals surface area contributed by atoms with Gasteiger partial charge in [0, 0.05) is 19.3 Å². The summed E-state index contributed by atoms with van der Waals surface area (Å²) in [5.41, 5.74) is 3.06. The molecule has 0 aliphatic rings. The molecule has 0 bridgehead atoms. The van der Waals surface area contributed by atoms with Gasteiger partial charge in [0.2, 0.25) is 5.91 Å². The second kappa shape index (κ2) is 11.0. The van der Waals surface area contributed by atoms with E-state index >= 15 is 0 Å². The van der Waals surface area contributed by atoms with Gasteiger partial charge in [-0.25, -0.2) is 0 Å². The van der Waals surface area contributed by atoms with E-state index in [-0.39, 0.29) is 12.7 Å². The minimum atomic E-state index is -0.184. The molecule has 0 radical (unpaired) electrons. The summed E-state index contributed by atoms with van der Waals surface area (Å²) in [6.45, 7) is 10.5. The predicted molar refractivity (Wildman–Crippen MR) is 129 cm³/mol. The molecule has 0 saturated heterocycles. The Balaban J connectivity index is 0.00000156. The molecule has 3 rings (SSSR count). The average molecular weight is 404 g/mol. The van der Waals surface area contributed by atoms with Crippen molar-refractivity contribution in [2.45, 2.75) is 40.0 Å². The van der Waals surface area contributed by atoms with E-state index in [0.717, 1.165) is 11.3 Å². The zero-order valence-corrected chi connectivity index (χ0v) is 18.5. The van der Waals surface area contributed by atoms with Gasteiger partial charge >= 0.3 is 0 Å². The second-order valence-corrected chi connectivity index (χ2v) is 7.64. The van der Waals surface area contributed by atoms with E-state index in [0.29, 0.717) is 11.4 Å². The van der Waals surface area contributed by atoms with E-state index in [1.807, 2.05) is 80.6 Å². The van der Waals surface area contributed by atoms with Gasteiger partial charge in [-0.1, -0.05) is 83.1 Å². The lowest BCUT2D eigenvalue weighted by Crippen LogP contribution is -2.10. The van der Waals surface area contributed by atoms with Crippen LogP contribution in [-0.2, 0) is 10.2 Å². The third-order valence-electron chi connectivity index (χ3n) is 4.28. The highest BCUT2D eigenvalue weighted by Gasteiger charge is 2.12. The Labute approximate surface area is 181 Å². The average Bonchev–Trinajstić information content (AvgIpc) is 2.74. The van der Waals surface area contributed by atoms with Gasteiger partial charge in [0.25, 0.3) is 0 Å². The molecule has 1 amide bonds. The predicted octanol–water partition coefficient (Wildman–Crippen LogP) is 7.70. The van der Waals surface area contributed by atoms with Crippen molar-refractivity contribution in [1.82, 2.24) is 0 Å². The summed E-state index contributed by atoms with van der Waals surface area (Å²) in [5, 5.41) is 2.87. The van der Waals surface area contributed by atoms with Crippen molar-refractivity contribution >= 4 is 17.7 Å². The molecule has 0 fully saturated rings. The number of anilines is 1. The molecule has 0 aromatic heterocycles. The second-order valence-electron chi connectivity index (χ2n) is 7.64. The minimum absolute atomic E-state index is 0. The van der Waals surface area contributed by atoms with Gasteiger partial charge in [-0.3, -0.25) is 4.79 Å². The maximum absolute atomic E-state index is 12.2. The summed E-state index contributed by atoms with van der Waals surface area (Å²) < 4.78 is 5.80. The van der Waals surface area contributed by atoms with Crippen molar-refractivity contribution in [3.63, 3.8) is 0 Å². The number of hydrogen-bond donors (Lipinski definition) is 1. The summed E-state index contributed by atoms with van der Waals surface area (Å²) in [4.78, 5) is 12.2. The van der Waals surface area contributed by atoms with Gasteiger partial charge in [-0.2, -0.15) is 0 Å². The van der Waals surface area contributed by atoms with Gasteiger partial charge in [0.15, 0.2) is 0 Å². The van der Waals surface area contributed by atoms with Gasteiger partial charge in [-0.05, 0) is 46.9 Å². The Bertz CT molecular complexity index is 959. The van der Waals surface area contributed by atoms with E-state index in [2.05, 4.69) is 38.2 Å². The fourth-order valence-electron chi connectivity index (χ4n) is 2.71. The molecule has 3 heteroatoms. The monoisotopic (exact) mass is 403 g/mol. The smallest absolute Gasteiger partial charge is 0.248 e. The lowest BCUT2D eigenvalue weighted by molar-refractivity contribution is -0.111. The third-order valence-corrected chi connectivity index (χ3v) is 4.28. The highest BCUT2D eigenvalue weighted by molar-refractivity contribution is 6.02. The normalized spacial score (nSPS) is 10.8. The Morgan fingerprint density at radius 1 is 0.867 bits per heavy atom. The van der Waals surface area contributed by atoms with Crippen LogP contribution in [0.25, 0.3) is 6.08 Å². The number of rotatable bonds is 5. The van der Waals surface area contributed by atoms with Crippen LogP contribution in [0.3, 0.4) is 0 Å². The molecule has 0 aliphatic heterocycles. The zero-order chi connectivity index (χ0) is 22.0. The minimum Gasteiger partial charge on any atom is -0.457 e. The van der Waals surface area contributed by atoms with Crippen molar-refractivity contribution in [1.29, 1.82) is 0 Å². The summed E-state index contributed by atoms with van der Waals surface area (Å²) >= 11 is 0. The van der Waals surface area contributed by atoms with Crippen LogP contribution in [0, 0.1) is 0 Å². The molecule has 0 spiro atoms. The Hall–Kier alpha value is -3.33. The van der Waals surface area contributed by atoms with E-state index in [1.54, 1.807) is 6.07 Å². The quantitative estimate of drug-likeness (QED) is 0.443. The molecule has 0 saturated carbocycles. The number of ether oxygens (including phenoxy) is 1. The van der Waals surface area contributed by atoms with Crippen molar-refractivity contribution in [2.75, 3.05) is 5.32 Å². The largest absolute Gasteiger partial charge is 0.457 e. The van der Waals surface area contributed by atoms with Crippen LogP contribution < -0.4 is 10.1 Å². The first kappa shape index (κ1) is 23.0. The number of carbonyl (C=O) groups is 1. The molecule has 30 heavy (non-hydrogen) atoms. The molecule has 0 heterocycles. The molecule has 1 N–H and O–H groups in total. The zero-order valence-electron chi connectivity index (χ0n) is 18.5. The maximum Gasteiger partial charge on any atom is 0.248 e. The van der Waals surface area contributed by atoms with Crippen LogP contribution in [0.1, 0.15) is 47.2 Å². The topological polar surface area (TPSA) is 38.3 Å². The molecule has 0 atom stereocenters. The van der Waals surface area contributed by atoms with Crippen molar-refractivity contribution in [3.8, 4) is 11.5 Å². The van der Waals surface area contributed by atoms with Crippen LogP contribution in [0.2, 0.25) is 0 Å². The lowest BCUT2D eigenvalue weighted by atomic mass is 9.87. The SMILES string of the molecule is CC.CC(C)(C)c1ccc(/C=C/C(=O)Nc2cccc(Oc3ccccc3)c2)cc1.[HH]. The number of amides is 1. The molecule has 3 aromatic rings. The van der Waals surface area contributed by atoms with E-state index < -0.39 is 0 Å². The Morgan fingerprint density at radius 2 is 1.50 bits per heavy atom. The number of nitrogens with one attached hydrogen (secondary N) is 1. The first-order valence-electron chi connectivity index (χ1n) is 10.3. The molecule has 0 unspecified atom stereocenters. The number of hydrogen-bond acceptors (Lipinski definition) is 2. The van der Waals surface area contributed by atoms with E-state index in [9.17, 15) is 4.79 Å². The number of para-hydroxylation sites is 1. The number of benzene rings is 3. The number of carbonyl (C=O) groups excluding carboxylic acids is 1. The highest BCUT2D eigenvalue weighted by Crippen LogP contribution is 2.24. The first-order chi connectivity index (χ1) is 14.4. The van der Waals surface area contributed by atoms with Crippen LogP contribution >= 0.6 is 0 Å². The van der Waals surface area contributed by atoms with Crippen LogP contribution in [-0.4, -0.2) is 5.91 Å². The third kappa shape index (κ3) is 7.25. The lowest BCUT2D eigenvalue weighted by Gasteiger charge is -2.18. The fourth-order valence-corrected chi connectivity index (χ4v) is 2.71. The molecule has 0 aliphatic carbocycles. The molecular formula is C27H33NO2. The van der Waals surface area contributed by atoms with Crippen molar-refractivity contribution < 1.29 is 11.0 Å². The summed E-state index contributed by atoms with van der Waals surface area (Å²) in [6.07, 6.45) is 3.35. The van der Waals surface area contributed by atoms with Gasteiger partial charge in [0.1, 0.15) is 11.5 Å². The molecular weight excluding hydrogens is 370 g/mol. The van der Waals surface area contributed by atoms with Crippen LogP contribution in [0.4, 0.5) is 5.69 Å². The van der Waals surface area contributed by atoms with Crippen molar-refractivity contribution in [2.24, 2.45) is 0 Å². The van der Waals surface area contributed by atoms with Crippen molar-refractivity contribution in [3.05, 3.63) is 96.1 Å². The van der Waals surface area contributed by atoms with E-state index in [4.69, 9.17) is 4.74 Å².